The Hall–Kier alpha value is -0.860. The normalized spacial score (nSPS) is 17.9. The molecule has 0 aromatic carbocycles. The summed E-state index contributed by atoms with van der Waals surface area (Å²) in [4.78, 5) is 10.9. The van der Waals surface area contributed by atoms with Crippen LogP contribution in [0.15, 0.2) is 0 Å². The van der Waals surface area contributed by atoms with Gasteiger partial charge in [-0.15, -0.1) is 0 Å². The first-order valence-electron chi connectivity index (χ1n) is 5.07. The van der Waals surface area contributed by atoms with E-state index in [-0.39, 0.29) is 18.6 Å². The average Bonchev–Trinajstić information content (AvgIpc) is 2.95. The van der Waals surface area contributed by atoms with Crippen LogP contribution in [-0.4, -0.2) is 34.2 Å². The third-order valence-electron chi connectivity index (χ3n) is 2.52. The summed E-state index contributed by atoms with van der Waals surface area (Å²) in [5, 5.41) is 0. The summed E-state index contributed by atoms with van der Waals surface area (Å²) < 4.78 is 31.2. The Morgan fingerprint density at radius 3 is 2.56 bits per heavy atom. The maximum Gasteiger partial charge on any atom is 0.421 e. The Balaban J connectivity index is 2.37. The van der Waals surface area contributed by atoms with Crippen LogP contribution in [0, 0.1) is 5.41 Å². The quantitative estimate of drug-likeness (QED) is 0.578. The van der Waals surface area contributed by atoms with Gasteiger partial charge >= 0.3 is 16.3 Å². The van der Waals surface area contributed by atoms with Crippen molar-refractivity contribution < 1.29 is 17.9 Å². The summed E-state index contributed by atoms with van der Waals surface area (Å²) in [6.07, 6.45) is 0.837. The lowest BCUT2D eigenvalue weighted by Crippen LogP contribution is -2.43. The van der Waals surface area contributed by atoms with E-state index in [2.05, 4.69) is 9.46 Å². The fourth-order valence-electron chi connectivity index (χ4n) is 1.18. The van der Waals surface area contributed by atoms with Crippen LogP contribution in [0.3, 0.4) is 0 Å². The Morgan fingerprint density at radius 1 is 1.50 bits per heavy atom. The molecule has 7 nitrogen and oxygen atoms in total. The lowest BCUT2D eigenvalue weighted by molar-refractivity contribution is 0.158. The molecule has 0 atom stereocenters. The van der Waals surface area contributed by atoms with Gasteiger partial charge in [-0.25, -0.2) is 9.52 Å². The van der Waals surface area contributed by atoms with Crippen molar-refractivity contribution >= 4 is 16.3 Å². The van der Waals surface area contributed by atoms with Crippen LogP contribution in [0.25, 0.3) is 0 Å². The van der Waals surface area contributed by atoms with Crippen LogP contribution in [-0.2, 0) is 14.9 Å². The fourth-order valence-corrected chi connectivity index (χ4v) is 2.03. The summed E-state index contributed by atoms with van der Waals surface area (Å²) in [7, 11) is -3.84. The van der Waals surface area contributed by atoms with Crippen molar-refractivity contribution in [3.8, 4) is 0 Å². The summed E-state index contributed by atoms with van der Waals surface area (Å²) in [6, 6.07) is 0. The lowest BCUT2D eigenvalue weighted by Gasteiger charge is -2.13. The molecule has 4 N–H and O–H groups in total. The first-order valence-corrected chi connectivity index (χ1v) is 6.55. The van der Waals surface area contributed by atoms with E-state index in [4.69, 9.17) is 5.73 Å². The van der Waals surface area contributed by atoms with Crippen molar-refractivity contribution in [1.29, 1.82) is 0 Å². The van der Waals surface area contributed by atoms with Crippen molar-refractivity contribution in [3.63, 3.8) is 0 Å². The molecule has 1 fully saturated rings. The monoisotopic (exact) mass is 251 g/mol. The molecule has 8 heteroatoms. The first-order chi connectivity index (χ1) is 7.43. The van der Waals surface area contributed by atoms with Crippen LogP contribution in [0.4, 0.5) is 4.79 Å². The van der Waals surface area contributed by atoms with Gasteiger partial charge in [0, 0.05) is 6.54 Å². The summed E-state index contributed by atoms with van der Waals surface area (Å²) in [5.74, 6) is 0. The van der Waals surface area contributed by atoms with Crippen LogP contribution >= 0.6 is 0 Å². The molecule has 0 bridgehead atoms. The second-order valence-corrected chi connectivity index (χ2v) is 5.35. The molecule has 1 aliphatic carbocycles. The second-order valence-electron chi connectivity index (χ2n) is 3.85. The van der Waals surface area contributed by atoms with Crippen molar-refractivity contribution in [1.82, 2.24) is 9.44 Å². The average molecular weight is 251 g/mol. The zero-order chi connectivity index (χ0) is 12.2. The van der Waals surface area contributed by atoms with Crippen LogP contribution in [0.1, 0.15) is 19.8 Å². The van der Waals surface area contributed by atoms with Crippen LogP contribution in [0.2, 0.25) is 0 Å². The third-order valence-corrected chi connectivity index (χ3v) is 3.48. The Kier molecular flexibility index (Phi) is 4.11. The molecule has 94 valence electrons. The number of carbonyl (C=O) groups excluding carboxylic acids is 1. The number of amides is 1. The number of nitrogens with two attached hydrogens (primary N) is 1. The van der Waals surface area contributed by atoms with Gasteiger partial charge in [-0.2, -0.15) is 13.1 Å². The molecule has 1 rings (SSSR count). The molecule has 1 amide bonds. The number of hydrogen-bond acceptors (Lipinski definition) is 5. The van der Waals surface area contributed by atoms with Crippen molar-refractivity contribution in [2.45, 2.75) is 19.8 Å². The summed E-state index contributed by atoms with van der Waals surface area (Å²) in [5.41, 5.74) is 5.38. The van der Waals surface area contributed by atoms with Gasteiger partial charge in [-0.05, 0) is 31.7 Å². The van der Waals surface area contributed by atoms with E-state index in [0.29, 0.717) is 6.54 Å². The molecule has 0 saturated heterocycles. The zero-order valence-electron chi connectivity index (χ0n) is 9.15. The topological polar surface area (TPSA) is 111 Å². The van der Waals surface area contributed by atoms with Gasteiger partial charge in [-0.1, -0.05) is 0 Å². The summed E-state index contributed by atoms with van der Waals surface area (Å²) >= 11 is 0. The van der Waals surface area contributed by atoms with Crippen molar-refractivity contribution in [2.24, 2.45) is 11.1 Å². The Morgan fingerprint density at radius 2 is 2.12 bits per heavy atom. The lowest BCUT2D eigenvalue weighted by atomic mass is 10.1. The highest BCUT2D eigenvalue weighted by Crippen LogP contribution is 2.43. The second kappa shape index (κ2) is 4.98. The number of hydrogen-bond donors (Lipinski definition) is 3. The van der Waals surface area contributed by atoms with Gasteiger partial charge < -0.3 is 10.5 Å². The van der Waals surface area contributed by atoms with Gasteiger partial charge in [0.1, 0.15) is 0 Å². The highest BCUT2D eigenvalue weighted by Gasteiger charge is 2.41. The van der Waals surface area contributed by atoms with Gasteiger partial charge in [0.15, 0.2) is 0 Å². The number of rotatable bonds is 6. The molecule has 0 unspecified atom stereocenters. The minimum absolute atomic E-state index is 0.119. The van der Waals surface area contributed by atoms with Gasteiger partial charge in [0.2, 0.25) is 0 Å². The van der Waals surface area contributed by atoms with Crippen LogP contribution in [0.5, 0.6) is 0 Å². The van der Waals surface area contributed by atoms with E-state index in [1.807, 2.05) is 0 Å². The smallest absolute Gasteiger partial charge is 0.421 e. The molecule has 0 spiro atoms. The fraction of sp³-hybridized carbons (Fsp3) is 0.875. The molecule has 1 aliphatic rings. The first kappa shape index (κ1) is 13.2. The molecule has 0 radical (unpaired) electrons. The van der Waals surface area contributed by atoms with Crippen molar-refractivity contribution in [3.05, 3.63) is 0 Å². The molecule has 0 heterocycles. The molecule has 0 aromatic heterocycles. The number of nitrogens with one attached hydrogen (secondary N) is 2. The Labute approximate surface area is 94.9 Å². The van der Waals surface area contributed by atoms with E-state index in [0.717, 1.165) is 12.8 Å². The third kappa shape index (κ3) is 3.95. The van der Waals surface area contributed by atoms with E-state index < -0.39 is 16.3 Å². The van der Waals surface area contributed by atoms with Gasteiger partial charge in [0.05, 0.1) is 6.61 Å². The molecule has 16 heavy (non-hydrogen) atoms. The van der Waals surface area contributed by atoms with E-state index in [1.54, 1.807) is 11.6 Å². The van der Waals surface area contributed by atoms with Gasteiger partial charge in [-0.3, -0.25) is 0 Å². The minimum atomic E-state index is -3.84. The SMILES string of the molecule is CCOC(=O)NS(=O)(=O)NCC1(CN)CC1. The highest BCUT2D eigenvalue weighted by atomic mass is 32.2. The minimum Gasteiger partial charge on any atom is -0.449 e. The largest absolute Gasteiger partial charge is 0.449 e. The highest BCUT2D eigenvalue weighted by molar-refractivity contribution is 7.88. The number of carbonyl (C=O) groups is 1. The predicted molar refractivity (Wildman–Crippen MR) is 57.8 cm³/mol. The zero-order valence-corrected chi connectivity index (χ0v) is 9.97. The van der Waals surface area contributed by atoms with E-state index in [1.165, 1.54) is 0 Å². The maximum absolute atomic E-state index is 11.3. The molecule has 0 aliphatic heterocycles. The van der Waals surface area contributed by atoms with Crippen molar-refractivity contribution in [2.75, 3.05) is 19.7 Å². The molecule has 1 saturated carbocycles. The predicted octanol–water partition coefficient (Wildman–Crippen LogP) is -0.694. The maximum atomic E-state index is 11.3. The standard InChI is InChI=1S/C8H17N3O4S/c1-2-15-7(12)11-16(13,14)10-6-8(5-9)3-4-8/h10H,2-6,9H2,1H3,(H,11,12). The number of ether oxygens (including phenoxy) is 1. The van der Waals surface area contributed by atoms with E-state index in [9.17, 15) is 13.2 Å². The Bertz CT molecular complexity index is 350. The molecule has 0 aromatic rings. The van der Waals surface area contributed by atoms with E-state index >= 15 is 0 Å². The molecular formula is C8H17N3O4S. The van der Waals surface area contributed by atoms with Crippen LogP contribution < -0.4 is 15.2 Å². The van der Waals surface area contributed by atoms with Gasteiger partial charge in [0.25, 0.3) is 0 Å². The molecular weight excluding hydrogens is 234 g/mol. The summed E-state index contributed by atoms with van der Waals surface area (Å²) in [6.45, 7) is 2.40.